The van der Waals surface area contributed by atoms with Crippen molar-refractivity contribution in [2.24, 2.45) is 0 Å². The Morgan fingerprint density at radius 3 is 2.15 bits per heavy atom. The highest BCUT2D eigenvalue weighted by molar-refractivity contribution is 7.92. The summed E-state index contributed by atoms with van der Waals surface area (Å²) in [7, 11) is -0.515. The van der Waals surface area contributed by atoms with Crippen LogP contribution in [0.15, 0.2) is 114 Å². The Bertz CT molecular complexity index is 2000. The zero-order chi connectivity index (χ0) is 38.1. The van der Waals surface area contributed by atoms with Crippen molar-refractivity contribution in [1.29, 1.82) is 0 Å². The van der Waals surface area contributed by atoms with E-state index in [-0.39, 0.29) is 29.7 Å². The number of hydrogen-bond donors (Lipinski definition) is 2. The summed E-state index contributed by atoms with van der Waals surface area (Å²) in [6.07, 6.45) is 3.57. The van der Waals surface area contributed by atoms with E-state index in [9.17, 15) is 22.8 Å². The van der Waals surface area contributed by atoms with E-state index >= 15 is 0 Å². The van der Waals surface area contributed by atoms with Crippen molar-refractivity contribution in [1.82, 2.24) is 15.1 Å². The van der Waals surface area contributed by atoms with Crippen molar-refractivity contribution in [3.05, 3.63) is 120 Å². The number of fused-ring (bicyclic) bond motifs is 1. The molecular weight excluding hydrogens is 677 g/mol. The van der Waals surface area contributed by atoms with Crippen molar-refractivity contribution < 1.29 is 27.5 Å². The van der Waals surface area contributed by atoms with E-state index in [2.05, 4.69) is 10.0 Å². The number of nitrogens with one attached hydrogen (secondary N) is 2. The molecule has 0 aliphatic rings. The third-order valence-corrected chi connectivity index (χ3v) is 9.86. The van der Waals surface area contributed by atoms with Crippen LogP contribution in [0, 0.1) is 0 Å². The summed E-state index contributed by atoms with van der Waals surface area (Å²) in [6.45, 7) is 9.31. The minimum atomic E-state index is -3.81. The Morgan fingerprint density at radius 2 is 1.46 bits per heavy atom. The summed E-state index contributed by atoms with van der Waals surface area (Å²) >= 11 is 0. The van der Waals surface area contributed by atoms with Crippen LogP contribution in [0.5, 0.6) is 0 Å². The number of hydrogen-bond acceptors (Lipinski definition) is 6. The van der Waals surface area contributed by atoms with Crippen LogP contribution in [0.1, 0.15) is 52.2 Å². The average molecular weight is 727 g/mol. The molecule has 0 bridgehead atoms. The predicted octanol–water partition coefficient (Wildman–Crippen LogP) is 6.96. The molecule has 276 valence electrons. The molecule has 0 fully saturated rings. The van der Waals surface area contributed by atoms with Crippen molar-refractivity contribution in [2.75, 3.05) is 25.4 Å². The van der Waals surface area contributed by atoms with Gasteiger partial charge in [0.25, 0.3) is 10.0 Å². The average Bonchev–Trinajstić information content (AvgIpc) is 3.08. The van der Waals surface area contributed by atoms with Gasteiger partial charge in [-0.1, -0.05) is 84.9 Å². The molecule has 0 aliphatic heterocycles. The second kappa shape index (κ2) is 16.9. The first-order chi connectivity index (χ1) is 24.4. The van der Waals surface area contributed by atoms with Gasteiger partial charge < -0.3 is 19.9 Å². The highest BCUT2D eigenvalue weighted by Gasteiger charge is 2.30. The normalized spacial score (nSPS) is 12.7. The van der Waals surface area contributed by atoms with E-state index in [1.165, 1.54) is 23.1 Å². The molecule has 0 aromatic heterocycles. The molecule has 0 saturated heterocycles. The van der Waals surface area contributed by atoms with Gasteiger partial charge >= 0.3 is 6.09 Å². The number of nitrogens with zero attached hydrogens (tertiary/aromatic N) is 2. The summed E-state index contributed by atoms with van der Waals surface area (Å²) in [5, 5.41) is 4.94. The van der Waals surface area contributed by atoms with Crippen LogP contribution in [0.25, 0.3) is 10.8 Å². The Hall–Kier alpha value is -5.16. The quantitative estimate of drug-likeness (QED) is 0.135. The molecule has 0 saturated carbocycles. The maximum Gasteiger partial charge on any atom is 0.408 e. The van der Waals surface area contributed by atoms with Gasteiger partial charge in [0, 0.05) is 32.6 Å². The third-order valence-electron chi connectivity index (χ3n) is 8.48. The SMILES string of the molecule is CN(CCc1ccccc1NS(=O)(=O)c1ccccc1)C(=O)[C@@H](Cc1ccc2ccccc2c1)N(C)C(=O)/C=C/CC(C)(C)NC(=O)OC(C)(C)C. The molecule has 1 atom stereocenters. The number of likely N-dealkylation sites (N-methyl/N-ethyl adjacent to an activating group) is 2. The number of carbonyl (C=O) groups is 3. The van der Waals surface area contributed by atoms with E-state index in [4.69, 9.17) is 4.74 Å². The van der Waals surface area contributed by atoms with Crippen molar-refractivity contribution in [2.45, 2.75) is 76.0 Å². The van der Waals surface area contributed by atoms with Crippen LogP contribution in [0.3, 0.4) is 0 Å². The lowest BCUT2D eigenvalue weighted by atomic mass is 9.99. The lowest BCUT2D eigenvalue weighted by Gasteiger charge is -2.31. The van der Waals surface area contributed by atoms with Gasteiger partial charge in [0.05, 0.1) is 10.6 Å². The van der Waals surface area contributed by atoms with E-state index in [0.29, 0.717) is 18.5 Å². The Morgan fingerprint density at radius 1 is 0.827 bits per heavy atom. The third kappa shape index (κ3) is 11.4. The van der Waals surface area contributed by atoms with Crippen molar-refractivity contribution in [3.8, 4) is 0 Å². The molecular formula is C41H50N4O6S. The number of para-hydroxylation sites is 1. The van der Waals surface area contributed by atoms with Gasteiger partial charge in [-0.05, 0) is 93.6 Å². The van der Waals surface area contributed by atoms with Crippen molar-refractivity contribution >= 4 is 44.4 Å². The molecule has 0 aliphatic carbocycles. The number of sulfonamides is 1. The first kappa shape index (κ1) is 39.6. The number of benzene rings is 4. The van der Waals surface area contributed by atoms with E-state index in [1.807, 2.05) is 68.4 Å². The summed E-state index contributed by atoms with van der Waals surface area (Å²) in [5.74, 6) is -0.618. The first-order valence-electron chi connectivity index (χ1n) is 17.3. The Balaban J connectivity index is 1.50. The molecule has 10 nitrogen and oxygen atoms in total. The van der Waals surface area contributed by atoms with Crippen LogP contribution in [-0.4, -0.2) is 73.9 Å². The van der Waals surface area contributed by atoms with E-state index in [0.717, 1.165) is 21.9 Å². The molecule has 4 aromatic rings. The maximum atomic E-state index is 14.2. The zero-order valence-corrected chi connectivity index (χ0v) is 31.9. The summed E-state index contributed by atoms with van der Waals surface area (Å²) in [4.78, 5) is 43.3. The van der Waals surface area contributed by atoms with Crippen molar-refractivity contribution in [3.63, 3.8) is 0 Å². The van der Waals surface area contributed by atoms with Gasteiger partial charge in [0.1, 0.15) is 11.6 Å². The smallest absolute Gasteiger partial charge is 0.408 e. The van der Waals surface area contributed by atoms with Crippen LogP contribution >= 0.6 is 0 Å². The minimum Gasteiger partial charge on any atom is -0.444 e. The number of alkyl carbamates (subject to hydrolysis) is 1. The zero-order valence-electron chi connectivity index (χ0n) is 31.1. The largest absolute Gasteiger partial charge is 0.444 e. The standard InChI is InChI=1S/C41H50N4O6S/c1-40(2,3)51-39(48)42-41(4,5)26-15-22-37(46)45(7)36(29-30-23-24-31-16-11-12-18-33(31)28-30)38(47)44(6)27-25-32-17-13-14-21-35(32)43-52(49,50)34-19-9-8-10-20-34/h8-24,28,36,43H,25-27,29H2,1-7H3,(H,42,48)/b22-15+/t36-/m1/s1. The first-order valence-corrected chi connectivity index (χ1v) is 18.8. The number of carbonyl (C=O) groups excluding carboxylic acids is 3. The fourth-order valence-corrected chi connectivity index (χ4v) is 6.75. The molecule has 0 spiro atoms. The lowest BCUT2D eigenvalue weighted by Crippen LogP contribution is -2.49. The highest BCUT2D eigenvalue weighted by Crippen LogP contribution is 2.22. The van der Waals surface area contributed by atoms with Crippen LogP contribution in [-0.2, 0) is 37.2 Å². The van der Waals surface area contributed by atoms with Gasteiger partial charge in [-0.15, -0.1) is 0 Å². The number of anilines is 1. The topological polar surface area (TPSA) is 125 Å². The van der Waals surface area contributed by atoms with E-state index < -0.39 is 33.3 Å². The molecule has 2 N–H and O–H groups in total. The fraction of sp³-hybridized carbons (Fsp3) is 0.341. The van der Waals surface area contributed by atoms with Gasteiger partial charge in [0.2, 0.25) is 11.8 Å². The predicted molar refractivity (Wildman–Crippen MR) is 206 cm³/mol. The molecule has 0 unspecified atom stereocenters. The monoisotopic (exact) mass is 726 g/mol. The van der Waals surface area contributed by atoms with Crippen LogP contribution in [0.4, 0.5) is 10.5 Å². The summed E-state index contributed by atoms with van der Waals surface area (Å²) in [6, 6.07) is 28.4. The second-order valence-corrected chi connectivity index (χ2v) is 16.2. The number of amides is 3. The molecule has 3 amide bonds. The molecule has 4 rings (SSSR count). The summed E-state index contributed by atoms with van der Waals surface area (Å²) in [5.41, 5.74) is 0.725. The van der Waals surface area contributed by atoms with Gasteiger partial charge in [-0.2, -0.15) is 0 Å². The summed E-state index contributed by atoms with van der Waals surface area (Å²) < 4.78 is 34.2. The highest BCUT2D eigenvalue weighted by atomic mass is 32.2. The second-order valence-electron chi connectivity index (χ2n) is 14.6. The van der Waals surface area contributed by atoms with E-state index in [1.54, 1.807) is 76.2 Å². The molecule has 11 heteroatoms. The fourth-order valence-electron chi connectivity index (χ4n) is 5.63. The Kier molecular flexibility index (Phi) is 12.9. The molecule has 0 radical (unpaired) electrons. The Labute approximate surface area is 307 Å². The van der Waals surface area contributed by atoms with Gasteiger partial charge in [-0.3, -0.25) is 14.3 Å². The molecule has 4 aromatic carbocycles. The maximum absolute atomic E-state index is 14.2. The van der Waals surface area contributed by atoms with Crippen LogP contribution in [0.2, 0.25) is 0 Å². The van der Waals surface area contributed by atoms with Crippen LogP contribution < -0.4 is 10.0 Å². The molecule has 0 heterocycles. The lowest BCUT2D eigenvalue weighted by molar-refractivity contribution is -0.141. The number of rotatable bonds is 14. The van der Waals surface area contributed by atoms with Gasteiger partial charge in [-0.25, -0.2) is 13.2 Å². The minimum absolute atomic E-state index is 0.151. The number of ether oxygens (including phenoxy) is 1. The van der Waals surface area contributed by atoms with Gasteiger partial charge in [0.15, 0.2) is 0 Å². The molecule has 52 heavy (non-hydrogen) atoms.